The largest absolute Gasteiger partial charge is 0.457 e. The van der Waals surface area contributed by atoms with E-state index < -0.39 is 0 Å². The summed E-state index contributed by atoms with van der Waals surface area (Å²) in [5.41, 5.74) is 4.00. The first-order valence-corrected chi connectivity index (χ1v) is 9.90. The van der Waals surface area contributed by atoms with Crippen LogP contribution in [0.25, 0.3) is 17.4 Å². The molecule has 0 aliphatic carbocycles. The maximum absolute atomic E-state index is 12.3. The number of aliphatic imine (C=N–C) groups is 1. The minimum Gasteiger partial charge on any atom is -0.457 e. The third-order valence-corrected chi connectivity index (χ3v) is 5.65. The molecule has 2 heterocycles. The standard InChI is InChI=1S/C22H17ClN2O2S/c1-13-7-8-15(11-14(13)2)24-22-25-21(26)20(28-22)12-16-9-10-19(27-16)17-5-3-4-6-18(17)23/h3-12H,1-2H3,(H,24,25,26). The van der Waals surface area contributed by atoms with Crippen molar-refractivity contribution in [2.45, 2.75) is 13.8 Å². The summed E-state index contributed by atoms with van der Waals surface area (Å²) in [4.78, 5) is 17.3. The molecule has 0 unspecified atom stereocenters. The highest BCUT2D eigenvalue weighted by Gasteiger charge is 2.24. The first-order chi connectivity index (χ1) is 13.5. The van der Waals surface area contributed by atoms with Crippen molar-refractivity contribution in [3.05, 3.63) is 81.4 Å². The minimum atomic E-state index is -0.191. The van der Waals surface area contributed by atoms with Gasteiger partial charge < -0.3 is 9.73 Å². The molecular formula is C22H17ClN2O2S. The summed E-state index contributed by atoms with van der Waals surface area (Å²) in [5.74, 6) is 1.05. The predicted octanol–water partition coefficient (Wildman–Crippen LogP) is 6.11. The molecule has 0 bridgehead atoms. The van der Waals surface area contributed by atoms with Crippen LogP contribution in [0.3, 0.4) is 0 Å². The Morgan fingerprint density at radius 1 is 1.07 bits per heavy atom. The lowest BCUT2D eigenvalue weighted by Crippen LogP contribution is -2.19. The molecule has 1 saturated heterocycles. The third kappa shape index (κ3) is 3.91. The van der Waals surface area contributed by atoms with Crippen LogP contribution in [0.15, 0.2) is 68.9 Å². The fraction of sp³-hybridized carbons (Fsp3) is 0.0909. The first kappa shape index (κ1) is 18.6. The number of thioether (sulfide) groups is 1. The van der Waals surface area contributed by atoms with Crippen LogP contribution in [0.2, 0.25) is 5.02 Å². The summed E-state index contributed by atoms with van der Waals surface area (Å²) in [6.07, 6.45) is 1.71. The molecule has 140 valence electrons. The molecule has 1 N–H and O–H groups in total. The number of nitrogens with zero attached hydrogens (tertiary/aromatic N) is 1. The summed E-state index contributed by atoms with van der Waals surface area (Å²) in [6.45, 7) is 4.09. The molecule has 0 spiro atoms. The van der Waals surface area contributed by atoms with E-state index >= 15 is 0 Å². The number of hydrogen-bond donors (Lipinski definition) is 1. The molecule has 3 aromatic rings. The first-order valence-electron chi connectivity index (χ1n) is 8.71. The molecule has 2 aromatic carbocycles. The zero-order chi connectivity index (χ0) is 19.7. The van der Waals surface area contributed by atoms with Gasteiger partial charge in [0.2, 0.25) is 0 Å². The Labute approximate surface area is 172 Å². The highest BCUT2D eigenvalue weighted by atomic mass is 35.5. The number of furan rings is 1. The zero-order valence-electron chi connectivity index (χ0n) is 15.3. The van der Waals surface area contributed by atoms with E-state index in [2.05, 4.69) is 17.2 Å². The number of hydrogen-bond acceptors (Lipinski definition) is 4. The number of carbonyl (C=O) groups is 1. The Morgan fingerprint density at radius 2 is 1.89 bits per heavy atom. The second-order valence-electron chi connectivity index (χ2n) is 6.43. The van der Waals surface area contributed by atoms with E-state index in [9.17, 15) is 4.79 Å². The van der Waals surface area contributed by atoms with Crippen molar-refractivity contribution in [3.63, 3.8) is 0 Å². The molecule has 4 nitrogen and oxygen atoms in total. The molecule has 1 aliphatic heterocycles. The van der Waals surface area contributed by atoms with E-state index in [-0.39, 0.29) is 5.91 Å². The number of aryl methyl sites for hydroxylation is 2. The van der Waals surface area contributed by atoms with Gasteiger partial charge in [-0.15, -0.1) is 0 Å². The van der Waals surface area contributed by atoms with Gasteiger partial charge in [0.05, 0.1) is 15.6 Å². The molecule has 1 aliphatic rings. The zero-order valence-corrected chi connectivity index (χ0v) is 16.9. The summed E-state index contributed by atoms with van der Waals surface area (Å²) in [7, 11) is 0. The molecule has 0 radical (unpaired) electrons. The van der Waals surface area contributed by atoms with Gasteiger partial charge in [-0.2, -0.15) is 0 Å². The number of amides is 1. The average molecular weight is 409 g/mol. The van der Waals surface area contributed by atoms with Gasteiger partial charge in [0.15, 0.2) is 5.17 Å². The van der Waals surface area contributed by atoms with Crippen LogP contribution in [0.1, 0.15) is 16.9 Å². The summed E-state index contributed by atoms with van der Waals surface area (Å²) < 4.78 is 5.85. The van der Waals surface area contributed by atoms with Crippen LogP contribution >= 0.6 is 23.4 Å². The maximum atomic E-state index is 12.3. The van der Waals surface area contributed by atoms with Gasteiger partial charge in [0, 0.05) is 11.6 Å². The van der Waals surface area contributed by atoms with Gasteiger partial charge in [-0.3, -0.25) is 4.79 Å². The fourth-order valence-electron chi connectivity index (χ4n) is 2.76. The predicted molar refractivity (Wildman–Crippen MR) is 116 cm³/mol. The molecule has 0 saturated carbocycles. The van der Waals surface area contributed by atoms with Crippen LogP contribution in [0.4, 0.5) is 5.69 Å². The van der Waals surface area contributed by atoms with E-state index in [1.807, 2.05) is 61.5 Å². The highest BCUT2D eigenvalue weighted by molar-refractivity contribution is 8.18. The lowest BCUT2D eigenvalue weighted by atomic mass is 10.1. The van der Waals surface area contributed by atoms with Crippen LogP contribution in [0.5, 0.6) is 0 Å². The topological polar surface area (TPSA) is 54.6 Å². The molecule has 28 heavy (non-hydrogen) atoms. The second-order valence-corrected chi connectivity index (χ2v) is 7.87. The Balaban J connectivity index is 1.56. The Bertz CT molecular complexity index is 1130. The number of amidine groups is 1. The number of rotatable bonds is 3. The molecule has 4 rings (SSSR count). The van der Waals surface area contributed by atoms with Crippen LogP contribution < -0.4 is 5.32 Å². The Hall–Kier alpha value is -2.76. The van der Waals surface area contributed by atoms with Gasteiger partial charge in [0.25, 0.3) is 5.91 Å². The Morgan fingerprint density at radius 3 is 2.68 bits per heavy atom. The monoisotopic (exact) mass is 408 g/mol. The quantitative estimate of drug-likeness (QED) is 0.532. The number of carbonyl (C=O) groups excluding carboxylic acids is 1. The van der Waals surface area contributed by atoms with Crippen molar-refractivity contribution >= 4 is 46.2 Å². The summed E-state index contributed by atoms with van der Waals surface area (Å²) in [5, 5.41) is 3.97. The van der Waals surface area contributed by atoms with Gasteiger partial charge in [-0.25, -0.2) is 4.99 Å². The van der Waals surface area contributed by atoms with Crippen molar-refractivity contribution in [3.8, 4) is 11.3 Å². The van der Waals surface area contributed by atoms with E-state index in [1.54, 1.807) is 6.08 Å². The molecule has 1 amide bonds. The van der Waals surface area contributed by atoms with Gasteiger partial charge in [0.1, 0.15) is 11.5 Å². The van der Waals surface area contributed by atoms with Crippen molar-refractivity contribution in [2.75, 3.05) is 0 Å². The fourth-order valence-corrected chi connectivity index (χ4v) is 3.81. The molecule has 1 aromatic heterocycles. The maximum Gasteiger partial charge on any atom is 0.264 e. The van der Waals surface area contributed by atoms with Gasteiger partial charge in [-0.1, -0.05) is 29.8 Å². The van der Waals surface area contributed by atoms with Crippen molar-refractivity contribution < 1.29 is 9.21 Å². The molecular weight excluding hydrogens is 392 g/mol. The lowest BCUT2D eigenvalue weighted by Gasteiger charge is -2.01. The van der Waals surface area contributed by atoms with Crippen molar-refractivity contribution in [1.82, 2.24) is 5.32 Å². The average Bonchev–Trinajstić information content (AvgIpc) is 3.26. The number of halogens is 1. The third-order valence-electron chi connectivity index (χ3n) is 4.41. The summed E-state index contributed by atoms with van der Waals surface area (Å²) >= 11 is 7.51. The molecule has 0 atom stereocenters. The normalized spacial score (nSPS) is 16.8. The van der Waals surface area contributed by atoms with E-state index in [4.69, 9.17) is 16.0 Å². The number of nitrogens with one attached hydrogen (secondary N) is 1. The van der Waals surface area contributed by atoms with Crippen molar-refractivity contribution in [2.24, 2.45) is 4.99 Å². The Kier molecular flexibility index (Phi) is 5.11. The molecule has 1 fully saturated rings. The van der Waals surface area contributed by atoms with Crippen molar-refractivity contribution in [1.29, 1.82) is 0 Å². The minimum absolute atomic E-state index is 0.191. The number of benzene rings is 2. The van der Waals surface area contributed by atoms with E-state index in [1.165, 1.54) is 17.3 Å². The van der Waals surface area contributed by atoms with Crippen LogP contribution in [0, 0.1) is 13.8 Å². The van der Waals surface area contributed by atoms with Gasteiger partial charge in [-0.05, 0) is 73.1 Å². The van der Waals surface area contributed by atoms with E-state index in [0.29, 0.717) is 26.6 Å². The smallest absolute Gasteiger partial charge is 0.264 e. The summed E-state index contributed by atoms with van der Waals surface area (Å²) in [6, 6.07) is 17.1. The second kappa shape index (κ2) is 7.70. The highest BCUT2D eigenvalue weighted by Crippen LogP contribution is 2.32. The van der Waals surface area contributed by atoms with Gasteiger partial charge >= 0.3 is 0 Å². The van der Waals surface area contributed by atoms with Crippen LogP contribution in [-0.4, -0.2) is 11.1 Å². The molecule has 6 heteroatoms. The SMILES string of the molecule is Cc1ccc(N=C2NC(=O)C(=Cc3ccc(-c4ccccc4Cl)o3)S2)cc1C. The lowest BCUT2D eigenvalue weighted by molar-refractivity contribution is -0.115. The van der Waals surface area contributed by atoms with E-state index in [0.717, 1.165) is 16.8 Å². The van der Waals surface area contributed by atoms with Crippen LogP contribution in [-0.2, 0) is 4.79 Å².